The van der Waals surface area contributed by atoms with Crippen LogP contribution in [-0.4, -0.2) is 46.4 Å². The van der Waals surface area contributed by atoms with Crippen molar-refractivity contribution in [2.75, 3.05) is 13.1 Å². The Bertz CT molecular complexity index is 1110. The third kappa shape index (κ3) is 2.69. The number of aryl methyl sites for hydroxylation is 1. The lowest BCUT2D eigenvalue weighted by Gasteiger charge is -2.17. The van der Waals surface area contributed by atoms with Gasteiger partial charge < -0.3 is 0 Å². The number of aromatic nitrogens is 3. The van der Waals surface area contributed by atoms with Gasteiger partial charge in [0.15, 0.2) is 9.84 Å². The maximum Gasteiger partial charge on any atom is 0.183 e. The van der Waals surface area contributed by atoms with Crippen molar-refractivity contribution < 1.29 is 8.42 Å². The lowest BCUT2D eigenvalue weighted by Crippen LogP contribution is -2.25. The highest BCUT2D eigenvalue weighted by atomic mass is 32.2. The molecule has 1 fully saturated rings. The summed E-state index contributed by atoms with van der Waals surface area (Å²) in [5.74, 6) is 0.0310. The second-order valence-corrected chi connectivity index (χ2v) is 9.53. The maximum atomic E-state index is 13.1. The molecule has 0 bridgehead atoms. The number of hydrogen-bond donors (Lipinski definition) is 0. The predicted molar refractivity (Wildman–Crippen MR) is 102 cm³/mol. The second kappa shape index (κ2) is 6.00. The highest BCUT2D eigenvalue weighted by Crippen LogP contribution is 2.46. The Balaban J connectivity index is 1.48. The van der Waals surface area contributed by atoms with Gasteiger partial charge in [-0.2, -0.15) is 5.10 Å². The van der Waals surface area contributed by atoms with Crippen molar-refractivity contribution >= 4 is 9.84 Å². The third-order valence-electron chi connectivity index (χ3n) is 5.65. The minimum atomic E-state index is -3.28. The standard InChI is InChI=1S/C20H20N4O2S/c1-23-11-16(9-22-23)15-2-3-19-17(8-15)18-12-24(13-20(18)27(19,25)26)10-14-4-6-21-7-5-14/h2-9,11,18,20H,10,12-13H2,1H3/t18-,20+/m0/s1. The van der Waals surface area contributed by atoms with E-state index in [2.05, 4.69) is 15.0 Å². The average Bonchev–Trinajstić information content (AvgIpc) is 3.33. The quantitative estimate of drug-likeness (QED) is 0.697. The van der Waals surface area contributed by atoms with Gasteiger partial charge in [0.05, 0.1) is 16.3 Å². The molecule has 3 aromatic rings. The summed E-state index contributed by atoms with van der Waals surface area (Å²) >= 11 is 0. The van der Waals surface area contributed by atoms with E-state index in [0.717, 1.165) is 35.3 Å². The summed E-state index contributed by atoms with van der Waals surface area (Å²) in [5, 5.41) is 3.88. The molecule has 7 heteroatoms. The molecule has 2 aliphatic rings. The van der Waals surface area contributed by atoms with Gasteiger partial charge in [-0.25, -0.2) is 8.42 Å². The first kappa shape index (κ1) is 16.6. The molecular weight excluding hydrogens is 360 g/mol. The van der Waals surface area contributed by atoms with Crippen LogP contribution in [0.25, 0.3) is 11.1 Å². The van der Waals surface area contributed by atoms with Gasteiger partial charge in [0.2, 0.25) is 0 Å². The SMILES string of the molecule is Cn1cc(-c2ccc3c(c2)[C@@H]2CN(Cc4ccncc4)C[C@H]2S3(=O)=O)cn1. The van der Waals surface area contributed by atoms with E-state index >= 15 is 0 Å². The zero-order valence-corrected chi connectivity index (χ0v) is 15.8. The van der Waals surface area contributed by atoms with Gasteiger partial charge in [0, 0.05) is 56.8 Å². The third-order valence-corrected chi connectivity index (χ3v) is 7.91. The van der Waals surface area contributed by atoms with Crippen LogP contribution in [0.1, 0.15) is 17.0 Å². The first-order valence-electron chi connectivity index (χ1n) is 9.00. The highest BCUT2D eigenvalue weighted by molar-refractivity contribution is 7.92. The fourth-order valence-electron chi connectivity index (χ4n) is 4.35. The lowest BCUT2D eigenvalue weighted by atomic mass is 9.95. The molecule has 0 N–H and O–H groups in total. The Hall–Kier alpha value is -2.51. The van der Waals surface area contributed by atoms with E-state index in [4.69, 9.17) is 0 Å². The van der Waals surface area contributed by atoms with Crippen LogP contribution in [0.5, 0.6) is 0 Å². The van der Waals surface area contributed by atoms with Crippen LogP contribution in [-0.2, 0) is 23.4 Å². The molecule has 5 rings (SSSR count). The van der Waals surface area contributed by atoms with Crippen LogP contribution in [0.4, 0.5) is 0 Å². The molecule has 2 aliphatic heterocycles. The average molecular weight is 380 g/mol. The first-order valence-corrected chi connectivity index (χ1v) is 10.5. The maximum absolute atomic E-state index is 13.1. The second-order valence-electron chi connectivity index (χ2n) is 7.39. The zero-order chi connectivity index (χ0) is 18.6. The van der Waals surface area contributed by atoms with Gasteiger partial charge in [-0.1, -0.05) is 6.07 Å². The lowest BCUT2D eigenvalue weighted by molar-refractivity contribution is 0.325. The number of sulfone groups is 1. The summed E-state index contributed by atoms with van der Waals surface area (Å²) in [7, 11) is -1.40. The summed E-state index contributed by atoms with van der Waals surface area (Å²) < 4.78 is 27.9. The topological polar surface area (TPSA) is 68.1 Å². The fraction of sp³-hybridized carbons (Fsp3) is 0.300. The van der Waals surface area contributed by atoms with Gasteiger partial charge in [-0.05, 0) is 41.0 Å². The van der Waals surface area contributed by atoms with E-state index in [1.807, 2.05) is 43.7 Å². The van der Waals surface area contributed by atoms with E-state index in [0.29, 0.717) is 11.4 Å². The van der Waals surface area contributed by atoms with Crippen LogP contribution in [0.3, 0.4) is 0 Å². The minimum Gasteiger partial charge on any atom is -0.297 e. The molecule has 0 radical (unpaired) electrons. The van der Waals surface area contributed by atoms with Crippen LogP contribution < -0.4 is 0 Å². The van der Waals surface area contributed by atoms with E-state index in [1.165, 1.54) is 0 Å². The number of nitrogens with zero attached hydrogens (tertiary/aromatic N) is 4. The molecule has 27 heavy (non-hydrogen) atoms. The van der Waals surface area contributed by atoms with Crippen LogP contribution in [0, 0.1) is 0 Å². The Labute approximate surface area is 158 Å². The Morgan fingerprint density at radius 1 is 1.11 bits per heavy atom. The molecular formula is C20H20N4O2S. The Morgan fingerprint density at radius 2 is 1.93 bits per heavy atom. The van der Waals surface area contributed by atoms with Gasteiger partial charge in [-0.3, -0.25) is 14.6 Å². The van der Waals surface area contributed by atoms with Crippen LogP contribution in [0.15, 0.2) is 60.0 Å². The highest BCUT2D eigenvalue weighted by Gasteiger charge is 2.50. The van der Waals surface area contributed by atoms with Crippen molar-refractivity contribution in [3.05, 3.63) is 66.2 Å². The van der Waals surface area contributed by atoms with E-state index in [9.17, 15) is 8.42 Å². The van der Waals surface area contributed by atoms with E-state index in [1.54, 1.807) is 23.1 Å². The monoisotopic (exact) mass is 380 g/mol. The van der Waals surface area contributed by atoms with Crippen molar-refractivity contribution in [2.45, 2.75) is 22.6 Å². The predicted octanol–water partition coefficient (Wildman–Crippen LogP) is 2.24. The Morgan fingerprint density at radius 3 is 2.67 bits per heavy atom. The number of rotatable bonds is 3. The summed E-state index contributed by atoms with van der Waals surface area (Å²) in [6.45, 7) is 2.09. The molecule has 1 saturated heterocycles. The van der Waals surface area contributed by atoms with Crippen molar-refractivity contribution in [1.29, 1.82) is 0 Å². The summed E-state index contributed by atoms with van der Waals surface area (Å²) in [6.07, 6.45) is 7.32. The largest absolute Gasteiger partial charge is 0.297 e. The number of likely N-dealkylation sites (tertiary alicyclic amines) is 1. The van der Waals surface area contributed by atoms with Crippen LogP contribution in [0.2, 0.25) is 0 Å². The summed E-state index contributed by atoms with van der Waals surface area (Å²) in [5.41, 5.74) is 4.14. The summed E-state index contributed by atoms with van der Waals surface area (Å²) in [6, 6.07) is 9.68. The summed E-state index contributed by atoms with van der Waals surface area (Å²) in [4.78, 5) is 6.80. The minimum absolute atomic E-state index is 0.0310. The molecule has 1 aromatic carbocycles. The van der Waals surface area contributed by atoms with E-state index < -0.39 is 9.84 Å². The molecule has 2 atom stereocenters. The Kier molecular flexibility index (Phi) is 3.70. The normalized spacial score (nSPS) is 23.3. The van der Waals surface area contributed by atoms with E-state index in [-0.39, 0.29) is 11.2 Å². The van der Waals surface area contributed by atoms with Crippen molar-refractivity contribution in [1.82, 2.24) is 19.7 Å². The molecule has 2 aromatic heterocycles. The molecule has 138 valence electrons. The number of fused-ring (bicyclic) bond motifs is 3. The van der Waals surface area contributed by atoms with Crippen molar-refractivity contribution in [3.63, 3.8) is 0 Å². The van der Waals surface area contributed by atoms with Gasteiger partial charge in [-0.15, -0.1) is 0 Å². The molecule has 4 heterocycles. The zero-order valence-electron chi connectivity index (χ0n) is 15.0. The molecule has 0 amide bonds. The number of pyridine rings is 1. The molecule has 6 nitrogen and oxygen atoms in total. The van der Waals surface area contributed by atoms with Crippen molar-refractivity contribution in [3.8, 4) is 11.1 Å². The molecule has 0 aliphatic carbocycles. The van der Waals surface area contributed by atoms with Gasteiger partial charge in [0.1, 0.15) is 0 Å². The van der Waals surface area contributed by atoms with Gasteiger partial charge in [0.25, 0.3) is 0 Å². The van der Waals surface area contributed by atoms with Gasteiger partial charge >= 0.3 is 0 Å². The first-order chi connectivity index (χ1) is 13.0. The molecule has 0 spiro atoms. The molecule has 0 saturated carbocycles. The number of benzene rings is 1. The molecule has 0 unspecified atom stereocenters. The number of hydrogen-bond acceptors (Lipinski definition) is 5. The van der Waals surface area contributed by atoms with Crippen LogP contribution >= 0.6 is 0 Å². The smallest absolute Gasteiger partial charge is 0.183 e. The fourth-order valence-corrected chi connectivity index (χ4v) is 6.55. The van der Waals surface area contributed by atoms with Crippen molar-refractivity contribution in [2.24, 2.45) is 7.05 Å².